The van der Waals surface area contributed by atoms with Gasteiger partial charge < -0.3 is 19.3 Å². The molecule has 0 saturated carbocycles. The van der Waals surface area contributed by atoms with Crippen molar-refractivity contribution >= 4 is 39.9 Å². The Morgan fingerprint density at radius 2 is 1.84 bits per heavy atom. The number of aryl methyl sites for hydroxylation is 1. The maximum atomic E-state index is 13.4. The average molecular weight is 523 g/mol. The van der Waals surface area contributed by atoms with E-state index in [1.54, 1.807) is 55.5 Å². The van der Waals surface area contributed by atoms with E-state index in [1.165, 1.54) is 19.1 Å². The van der Waals surface area contributed by atoms with Crippen molar-refractivity contribution in [2.75, 3.05) is 25.7 Å². The number of amides is 1. The molecule has 1 unspecified atom stereocenters. The Labute approximate surface area is 217 Å². The molecule has 2 heterocycles. The van der Waals surface area contributed by atoms with Crippen LogP contribution in [0, 0.1) is 6.92 Å². The fourth-order valence-corrected chi connectivity index (χ4v) is 5.02. The van der Waals surface area contributed by atoms with Crippen LogP contribution >= 0.6 is 11.3 Å². The number of Topliss-reactive ketones (excluding diaryl/α,β-unsaturated/α-hetero) is 1. The Morgan fingerprint density at radius 3 is 2.49 bits per heavy atom. The smallest absolute Gasteiger partial charge is 0.350 e. The molecular weight excluding hydrogens is 496 g/mol. The third-order valence-electron chi connectivity index (χ3n) is 5.82. The fourth-order valence-electron chi connectivity index (χ4n) is 4.01. The van der Waals surface area contributed by atoms with Gasteiger partial charge >= 0.3 is 11.9 Å². The highest BCUT2D eigenvalue weighted by Gasteiger charge is 2.48. The van der Waals surface area contributed by atoms with E-state index in [9.17, 15) is 19.5 Å². The summed E-state index contributed by atoms with van der Waals surface area (Å²) in [5.41, 5.74) is 1.14. The number of nitrogens with zero attached hydrogens (tertiary/aromatic N) is 2. The van der Waals surface area contributed by atoms with Crippen molar-refractivity contribution in [3.8, 4) is 11.5 Å². The van der Waals surface area contributed by atoms with Gasteiger partial charge in [0.2, 0.25) is 0 Å². The Balaban J connectivity index is 1.91. The largest absolute Gasteiger partial charge is 0.507 e. The molecule has 4 rings (SSSR count). The number of thiazole rings is 1. The summed E-state index contributed by atoms with van der Waals surface area (Å²) in [6, 6.07) is 12.5. The van der Waals surface area contributed by atoms with E-state index < -0.39 is 23.7 Å². The first kappa shape index (κ1) is 25.9. The monoisotopic (exact) mass is 522 g/mol. The van der Waals surface area contributed by atoms with Gasteiger partial charge in [0.15, 0.2) is 5.13 Å². The summed E-state index contributed by atoms with van der Waals surface area (Å²) >= 11 is 0.941. The van der Waals surface area contributed by atoms with Gasteiger partial charge in [0, 0.05) is 5.56 Å². The quantitative estimate of drug-likeness (QED) is 0.197. The summed E-state index contributed by atoms with van der Waals surface area (Å²) in [6.07, 6.45) is 0.800. The molecule has 1 aromatic heterocycles. The summed E-state index contributed by atoms with van der Waals surface area (Å²) < 4.78 is 15.8. The lowest BCUT2D eigenvalue weighted by Gasteiger charge is -2.23. The lowest BCUT2D eigenvalue weighted by Crippen LogP contribution is -2.29. The summed E-state index contributed by atoms with van der Waals surface area (Å²) in [7, 11) is 2.77. The van der Waals surface area contributed by atoms with Gasteiger partial charge in [0.05, 0.1) is 38.1 Å². The van der Waals surface area contributed by atoms with Crippen LogP contribution in [0.1, 0.15) is 45.9 Å². The van der Waals surface area contributed by atoms with Crippen LogP contribution in [-0.4, -0.2) is 48.6 Å². The molecule has 1 saturated heterocycles. The van der Waals surface area contributed by atoms with Gasteiger partial charge in [-0.25, -0.2) is 9.78 Å². The Hall–Kier alpha value is -4.18. The van der Waals surface area contributed by atoms with Crippen LogP contribution in [0.5, 0.6) is 11.5 Å². The second-order valence-electron chi connectivity index (χ2n) is 8.22. The van der Waals surface area contributed by atoms with Crippen LogP contribution in [0.4, 0.5) is 5.13 Å². The van der Waals surface area contributed by atoms with Gasteiger partial charge in [0.1, 0.15) is 22.1 Å². The number of carbonyl (C=O) groups is 3. The predicted molar refractivity (Wildman–Crippen MR) is 138 cm³/mol. The lowest BCUT2D eigenvalue weighted by atomic mass is 9.95. The Morgan fingerprint density at radius 1 is 1.11 bits per heavy atom. The highest BCUT2D eigenvalue weighted by molar-refractivity contribution is 7.17. The molecular formula is C27H26N2O7S. The number of hydrogen-bond donors (Lipinski definition) is 1. The van der Waals surface area contributed by atoms with Gasteiger partial charge in [-0.3, -0.25) is 14.5 Å². The van der Waals surface area contributed by atoms with E-state index in [0.29, 0.717) is 34.9 Å². The zero-order valence-electron chi connectivity index (χ0n) is 20.8. The molecule has 0 aliphatic carbocycles. The summed E-state index contributed by atoms with van der Waals surface area (Å²) in [5, 5.41) is 11.4. The Bertz CT molecular complexity index is 1380. The van der Waals surface area contributed by atoms with Crippen LogP contribution in [0.3, 0.4) is 0 Å². The normalized spacial score (nSPS) is 16.6. The third-order valence-corrected chi connectivity index (χ3v) is 6.95. The van der Waals surface area contributed by atoms with Crippen LogP contribution in [-0.2, 0) is 14.3 Å². The van der Waals surface area contributed by atoms with Crippen molar-refractivity contribution in [1.29, 1.82) is 0 Å². The van der Waals surface area contributed by atoms with E-state index in [-0.39, 0.29) is 21.3 Å². The van der Waals surface area contributed by atoms with Crippen molar-refractivity contribution in [2.45, 2.75) is 26.3 Å². The predicted octanol–water partition coefficient (Wildman–Crippen LogP) is 4.66. The number of hydrogen-bond acceptors (Lipinski definition) is 9. The first-order valence-corrected chi connectivity index (χ1v) is 12.4. The average Bonchev–Trinajstić information content (AvgIpc) is 3.43. The summed E-state index contributed by atoms with van der Waals surface area (Å²) in [4.78, 5) is 44.8. The van der Waals surface area contributed by atoms with E-state index >= 15 is 0 Å². The second kappa shape index (κ2) is 10.8. The molecule has 1 aliphatic heterocycles. The van der Waals surface area contributed by atoms with Crippen molar-refractivity contribution in [2.24, 2.45) is 0 Å². The van der Waals surface area contributed by atoms with Gasteiger partial charge in [0.25, 0.3) is 5.78 Å². The zero-order valence-corrected chi connectivity index (χ0v) is 21.6. The van der Waals surface area contributed by atoms with Crippen molar-refractivity contribution in [3.63, 3.8) is 0 Å². The van der Waals surface area contributed by atoms with Crippen LogP contribution in [0.2, 0.25) is 0 Å². The van der Waals surface area contributed by atoms with Crippen molar-refractivity contribution in [1.82, 2.24) is 4.98 Å². The summed E-state index contributed by atoms with van der Waals surface area (Å²) in [6.45, 7) is 4.09. The van der Waals surface area contributed by atoms with Crippen LogP contribution < -0.4 is 14.4 Å². The number of ether oxygens (including phenoxy) is 3. The molecule has 0 bridgehead atoms. The summed E-state index contributed by atoms with van der Waals surface area (Å²) in [5.74, 6) is -1.55. The number of aromatic nitrogens is 1. The first-order chi connectivity index (χ1) is 17.8. The number of rotatable bonds is 8. The van der Waals surface area contributed by atoms with Gasteiger partial charge in [-0.05, 0) is 55.3 Å². The van der Waals surface area contributed by atoms with E-state index in [2.05, 4.69) is 4.98 Å². The number of methoxy groups -OCH3 is 2. The third kappa shape index (κ3) is 4.92. The van der Waals surface area contributed by atoms with Crippen LogP contribution in [0.25, 0.3) is 5.76 Å². The number of esters is 1. The van der Waals surface area contributed by atoms with Gasteiger partial charge in [-0.2, -0.15) is 0 Å². The number of benzene rings is 2. The lowest BCUT2D eigenvalue weighted by molar-refractivity contribution is -0.132. The van der Waals surface area contributed by atoms with Crippen LogP contribution in [0.15, 0.2) is 54.1 Å². The molecule has 1 aliphatic rings. The number of ketones is 1. The second-order valence-corrected chi connectivity index (χ2v) is 9.20. The molecule has 1 amide bonds. The minimum Gasteiger partial charge on any atom is -0.507 e. The van der Waals surface area contributed by atoms with Crippen molar-refractivity contribution < 1.29 is 33.7 Å². The number of aliphatic hydroxyl groups is 1. The molecule has 1 fully saturated rings. The highest BCUT2D eigenvalue weighted by Crippen LogP contribution is 2.44. The maximum absolute atomic E-state index is 13.4. The molecule has 1 N–H and O–H groups in total. The number of carbonyl (C=O) groups excluding carboxylic acids is 3. The Kier molecular flexibility index (Phi) is 7.58. The number of anilines is 1. The first-order valence-electron chi connectivity index (χ1n) is 11.5. The van der Waals surface area contributed by atoms with Crippen molar-refractivity contribution in [3.05, 3.63) is 75.8 Å². The van der Waals surface area contributed by atoms with E-state index in [1.807, 2.05) is 6.92 Å². The molecule has 37 heavy (non-hydrogen) atoms. The molecule has 2 aromatic carbocycles. The fraction of sp³-hybridized carbons (Fsp3) is 0.259. The molecule has 192 valence electrons. The van der Waals surface area contributed by atoms with Gasteiger partial charge in [-0.15, -0.1) is 0 Å². The number of aliphatic hydroxyl groups excluding tert-OH is 1. The van der Waals surface area contributed by atoms with Gasteiger partial charge in [-0.1, -0.05) is 30.4 Å². The van der Waals surface area contributed by atoms with E-state index in [0.717, 1.165) is 17.8 Å². The zero-order chi connectivity index (χ0) is 26.7. The highest BCUT2D eigenvalue weighted by atomic mass is 32.1. The molecule has 3 aromatic rings. The molecule has 10 heteroatoms. The molecule has 0 spiro atoms. The minimum atomic E-state index is -1.01. The minimum absolute atomic E-state index is 0.102. The molecule has 9 nitrogen and oxygen atoms in total. The maximum Gasteiger partial charge on any atom is 0.350 e. The standard InChI is InChI=1S/C27H26N2O7S/c1-5-13-36-19-8-6-7-17(14-19)21-20(22(30)16-9-11-18(34-3)12-10-16)23(31)25(32)29(21)27-28-15(2)24(37-27)26(33)35-4/h6-12,14,21,30H,5,13H2,1-4H3. The molecule has 0 radical (unpaired) electrons. The SMILES string of the molecule is CCCOc1cccc(C2C(=C(O)c3ccc(OC)cc3)C(=O)C(=O)N2c2nc(C)c(C(=O)OC)s2)c1. The van der Waals surface area contributed by atoms with E-state index in [4.69, 9.17) is 14.2 Å². The topological polar surface area (TPSA) is 115 Å². The molecule has 1 atom stereocenters.